The van der Waals surface area contributed by atoms with Crippen molar-refractivity contribution in [2.45, 2.75) is 26.8 Å². The normalized spacial score (nSPS) is 10.2. The molecule has 0 aliphatic carbocycles. The van der Waals surface area contributed by atoms with Crippen LogP contribution in [0.25, 0.3) is 0 Å². The van der Waals surface area contributed by atoms with E-state index in [9.17, 15) is 4.79 Å². The van der Waals surface area contributed by atoms with Gasteiger partial charge >= 0.3 is 5.97 Å². The minimum atomic E-state index is -0.817. The van der Waals surface area contributed by atoms with E-state index in [-0.39, 0.29) is 6.42 Å². The third-order valence-corrected chi connectivity index (χ3v) is 1.50. The lowest BCUT2D eigenvalue weighted by Gasteiger charge is -1.98. The minimum absolute atomic E-state index is 0.0869. The molecule has 0 aliphatic rings. The van der Waals surface area contributed by atoms with Crippen LogP contribution in [0.1, 0.15) is 18.1 Å². The molecular formula is C7H11N3O2. The number of hydrogen-bond acceptors (Lipinski definition) is 3. The summed E-state index contributed by atoms with van der Waals surface area (Å²) in [7, 11) is 0. The highest BCUT2D eigenvalue weighted by Crippen LogP contribution is 1.97. The van der Waals surface area contributed by atoms with Gasteiger partial charge in [-0.3, -0.25) is 4.79 Å². The molecule has 0 spiro atoms. The van der Waals surface area contributed by atoms with Crippen molar-refractivity contribution in [3.05, 3.63) is 11.6 Å². The van der Waals surface area contributed by atoms with Crippen molar-refractivity contribution in [1.29, 1.82) is 0 Å². The van der Waals surface area contributed by atoms with Gasteiger partial charge in [-0.05, 0) is 13.8 Å². The van der Waals surface area contributed by atoms with E-state index < -0.39 is 5.97 Å². The summed E-state index contributed by atoms with van der Waals surface area (Å²) >= 11 is 0. The topological polar surface area (TPSA) is 68.0 Å². The summed E-state index contributed by atoms with van der Waals surface area (Å²) in [6.45, 7) is 3.98. The molecule has 0 amide bonds. The molecule has 1 rings (SSSR count). The van der Waals surface area contributed by atoms with Gasteiger partial charge in [-0.25, -0.2) is 9.67 Å². The molecule has 1 aromatic rings. The first-order chi connectivity index (χ1) is 5.59. The molecule has 12 heavy (non-hydrogen) atoms. The Labute approximate surface area is 70.0 Å². The maximum Gasteiger partial charge on any atom is 0.305 e. The monoisotopic (exact) mass is 169 g/mol. The zero-order chi connectivity index (χ0) is 9.14. The van der Waals surface area contributed by atoms with E-state index in [1.807, 2.05) is 6.92 Å². The van der Waals surface area contributed by atoms with Crippen LogP contribution in [-0.4, -0.2) is 25.8 Å². The van der Waals surface area contributed by atoms with Gasteiger partial charge in [0.05, 0.1) is 13.0 Å². The van der Waals surface area contributed by atoms with Crippen LogP contribution in [0.5, 0.6) is 0 Å². The van der Waals surface area contributed by atoms with Crippen molar-refractivity contribution < 1.29 is 9.90 Å². The van der Waals surface area contributed by atoms with Crippen LogP contribution in [0.15, 0.2) is 0 Å². The van der Waals surface area contributed by atoms with Gasteiger partial charge in [-0.15, -0.1) is 0 Å². The molecule has 5 heteroatoms. The standard InChI is InChI=1S/C7H11N3O2/c1-5-8-6(2)10(9-5)4-3-7(11)12/h3-4H2,1-2H3,(H,11,12). The number of carboxylic acid groups (broad SMARTS) is 1. The molecular weight excluding hydrogens is 158 g/mol. The van der Waals surface area contributed by atoms with E-state index in [0.29, 0.717) is 12.4 Å². The molecule has 0 bridgehead atoms. The zero-order valence-electron chi connectivity index (χ0n) is 7.11. The second-order valence-electron chi connectivity index (χ2n) is 2.57. The maximum atomic E-state index is 10.2. The van der Waals surface area contributed by atoms with Crippen LogP contribution in [0.4, 0.5) is 0 Å². The molecule has 1 aromatic heterocycles. The number of carbonyl (C=O) groups is 1. The quantitative estimate of drug-likeness (QED) is 0.709. The zero-order valence-corrected chi connectivity index (χ0v) is 7.11. The molecule has 0 aliphatic heterocycles. The third kappa shape index (κ3) is 2.05. The van der Waals surface area contributed by atoms with Gasteiger partial charge in [0.1, 0.15) is 11.6 Å². The van der Waals surface area contributed by atoms with Crippen LogP contribution in [0.3, 0.4) is 0 Å². The lowest BCUT2D eigenvalue weighted by Crippen LogP contribution is -2.07. The Morgan fingerprint density at radius 3 is 2.67 bits per heavy atom. The smallest absolute Gasteiger partial charge is 0.305 e. The van der Waals surface area contributed by atoms with Crippen LogP contribution in [-0.2, 0) is 11.3 Å². The Morgan fingerprint density at radius 1 is 1.58 bits per heavy atom. The Morgan fingerprint density at radius 2 is 2.25 bits per heavy atom. The number of carboxylic acids is 1. The fourth-order valence-electron chi connectivity index (χ4n) is 0.975. The van der Waals surface area contributed by atoms with Gasteiger partial charge in [0, 0.05) is 0 Å². The summed E-state index contributed by atoms with van der Waals surface area (Å²) in [6.07, 6.45) is 0.0869. The second-order valence-corrected chi connectivity index (χ2v) is 2.57. The first kappa shape index (κ1) is 8.70. The van der Waals surface area contributed by atoms with E-state index in [1.165, 1.54) is 0 Å². The van der Waals surface area contributed by atoms with Gasteiger partial charge < -0.3 is 5.11 Å². The lowest BCUT2D eigenvalue weighted by molar-refractivity contribution is -0.137. The number of hydrogen-bond donors (Lipinski definition) is 1. The van der Waals surface area contributed by atoms with Crippen LogP contribution < -0.4 is 0 Å². The Kier molecular flexibility index (Phi) is 2.42. The Hall–Kier alpha value is -1.39. The van der Waals surface area contributed by atoms with E-state index in [1.54, 1.807) is 11.6 Å². The predicted octanol–water partition coefficient (Wildman–Crippen LogP) is 0.370. The predicted molar refractivity (Wildman–Crippen MR) is 41.7 cm³/mol. The van der Waals surface area contributed by atoms with Gasteiger partial charge in [-0.1, -0.05) is 0 Å². The first-order valence-electron chi connectivity index (χ1n) is 3.69. The summed E-state index contributed by atoms with van der Waals surface area (Å²) in [5, 5.41) is 12.4. The Bertz CT molecular complexity index is 293. The molecule has 0 saturated heterocycles. The molecule has 0 fully saturated rings. The first-order valence-corrected chi connectivity index (χ1v) is 3.69. The van der Waals surface area contributed by atoms with Crippen molar-refractivity contribution in [1.82, 2.24) is 14.8 Å². The molecule has 1 N–H and O–H groups in total. The minimum Gasteiger partial charge on any atom is -0.481 e. The van der Waals surface area contributed by atoms with Crippen molar-refractivity contribution >= 4 is 5.97 Å². The summed E-state index contributed by atoms with van der Waals surface area (Å²) in [5.74, 6) is 0.620. The highest BCUT2D eigenvalue weighted by molar-refractivity contribution is 5.66. The van der Waals surface area contributed by atoms with Gasteiger partial charge in [0.25, 0.3) is 0 Å². The fourth-order valence-corrected chi connectivity index (χ4v) is 0.975. The van der Waals surface area contributed by atoms with Crippen LogP contribution >= 0.6 is 0 Å². The molecule has 0 radical (unpaired) electrons. The van der Waals surface area contributed by atoms with Crippen molar-refractivity contribution in [2.75, 3.05) is 0 Å². The SMILES string of the molecule is Cc1nc(C)n(CCC(=O)O)n1. The average molecular weight is 169 g/mol. The van der Waals surface area contributed by atoms with E-state index in [2.05, 4.69) is 10.1 Å². The molecule has 0 aromatic carbocycles. The largest absolute Gasteiger partial charge is 0.481 e. The highest BCUT2D eigenvalue weighted by atomic mass is 16.4. The molecule has 0 unspecified atom stereocenters. The van der Waals surface area contributed by atoms with Crippen molar-refractivity contribution in [2.24, 2.45) is 0 Å². The highest BCUT2D eigenvalue weighted by Gasteiger charge is 2.03. The van der Waals surface area contributed by atoms with Crippen molar-refractivity contribution in [3.8, 4) is 0 Å². The van der Waals surface area contributed by atoms with E-state index in [4.69, 9.17) is 5.11 Å². The van der Waals surface area contributed by atoms with E-state index in [0.717, 1.165) is 5.82 Å². The lowest BCUT2D eigenvalue weighted by atomic mass is 10.4. The number of aliphatic carboxylic acids is 1. The summed E-state index contributed by atoms with van der Waals surface area (Å²) in [6, 6.07) is 0. The number of aryl methyl sites for hydroxylation is 3. The number of aromatic nitrogens is 3. The van der Waals surface area contributed by atoms with Gasteiger partial charge in [0.15, 0.2) is 0 Å². The molecule has 0 saturated carbocycles. The second kappa shape index (κ2) is 3.34. The van der Waals surface area contributed by atoms with Crippen LogP contribution in [0.2, 0.25) is 0 Å². The molecule has 66 valence electrons. The number of rotatable bonds is 3. The maximum absolute atomic E-state index is 10.2. The number of nitrogens with zero attached hydrogens (tertiary/aromatic N) is 3. The van der Waals surface area contributed by atoms with Gasteiger partial charge in [0.2, 0.25) is 0 Å². The average Bonchev–Trinajstić information content (AvgIpc) is 2.26. The summed E-state index contributed by atoms with van der Waals surface area (Å²) < 4.78 is 1.60. The Balaban J connectivity index is 2.62. The summed E-state index contributed by atoms with van der Waals surface area (Å²) in [4.78, 5) is 14.3. The van der Waals surface area contributed by atoms with Crippen LogP contribution in [0, 0.1) is 13.8 Å². The van der Waals surface area contributed by atoms with E-state index >= 15 is 0 Å². The third-order valence-electron chi connectivity index (χ3n) is 1.50. The van der Waals surface area contributed by atoms with Crippen molar-refractivity contribution in [3.63, 3.8) is 0 Å². The molecule has 5 nitrogen and oxygen atoms in total. The molecule has 1 heterocycles. The fraction of sp³-hybridized carbons (Fsp3) is 0.571. The molecule has 0 atom stereocenters. The van der Waals surface area contributed by atoms with Gasteiger partial charge in [-0.2, -0.15) is 5.10 Å². The summed E-state index contributed by atoms with van der Waals surface area (Å²) in [5.41, 5.74) is 0.